The zero-order chi connectivity index (χ0) is 12.4. The standard InChI is InChI=1S/C11H14N2O4/c1-16-10-3-7-5-13(12-15)6-9(14)8(7)4-11(10)17-2/h3-4,9,14H,5-6H2,1-2H3. The van der Waals surface area contributed by atoms with Crippen LogP contribution in [0.25, 0.3) is 0 Å². The zero-order valence-electron chi connectivity index (χ0n) is 9.71. The van der Waals surface area contributed by atoms with Crippen LogP contribution in [0.2, 0.25) is 0 Å². The lowest BCUT2D eigenvalue weighted by Gasteiger charge is -2.28. The molecule has 0 radical (unpaired) electrons. The van der Waals surface area contributed by atoms with E-state index in [1.807, 2.05) is 0 Å². The number of β-amino-alcohol motifs (C(OH)–C–C–N with tert-alkyl or cyclic N) is 1. The van der Waals surface area contributed by atoms with Gasteiger partial charge in [-0.1, -0.05) is 0 Å². The van der Waals surface area contributed by atoms with Crippen LogP contribution in [0.5, 0.6) is 11.5 Å². The van der Waals surface area contributed by atoms with Crippen LogP contribution in [-0.2, 0) is 6.54 Å². The van der Waals surface area contributed by atoms with Gasteiger partial charge in [0.25, 0.3) is 0 Å². The van der Waals surface area contributed by atoms with Crippen molar-refractivity contribution in [3.63, 3.8) is 0 Å². The number of aliphatic hydroxyl groups is 1. The third-order valence-electron chi connectivity index (χ3n) is 2.86. The van der Waals surface area contributed by atoms with E-state index in [4.69, 9.17) is 9.47 Å². The van der Waals surface area contributed by atoms with Gasteiger partial charge in [-0.15, -0.1) is 4.91 Å². The summed E-state index contributed by atoms with van der Waals surface area (Å²) in [5.41, 5.74) is 1.57. The highest BCUT2D eigenvalue weighted by Gasteiger charge is 2.25. The second-order valence-corrected chi connectivity index (χ2v) is 3.85. The van der Waals surface area contributed by atoms with Crippen LogP contribution in [0, 0.1) is 4.91 Å². The molecule has 0 amide bonds. The zero-order valence-corrected chi connectivity index (χ0v) is 9.71. The molecule has 1 heterocycles. The maximum atomic E-state index is 10.5. The first-order valence-corrected chi connectivity index (χ1v) is 5.20. The Morgan fingerprint density at radius 3 is 2.59 bits per heavy atom. The molecular weight excluding hydrogens is 224 g/mol. The molecule has 1 N–H and O–H groups in total. The maximum absolute atomic E-state index is 10.5. The number of aliphatic hydroxyl groups excluding tert-OH is 1. The number of fused-ring (bicyclic) bond motifs is 1. The van der Waals surface area contributed by atoms with Crippen LogP contribution in [-0.4, -0.2) is 30.9 Å². The Morgan fingerprint density at radius 2 is 2.00 bits per heavy atom. The van der Waals surface area contributed by atoms with Gasteiger partial charge in [-0.25, -0.2) is 0 Å². The maximum Gasteiger partial charge on any atom is 0.161 e. The number of nitrogens with zero attached hydrogens (tertiary/aromatic N) is 2. The SMILES string of the molecule is COc1cc2c(cc1OC)C(O)CN(N=O)C2. The predicted molar refractivity (Wildman–Crippen MR) is 60.7 cm³/mol. The van der Waals surface area contributed by atoms with Crippen molar-refractivity contribution in [2.45, 2.75) is 12.6 Å². The molecule has 6 nitrogen and oxygen atoms in total. The molecule has 6 heteroatoms. The molecule has 0 saturated carbocycles. The number of methoxy groups -OCH3 is 2. The Balaban J connectivity index is 2.45. The van der Waals surface area contributed by atoms with Gasteiger partial charge in [0.2, 0.25) is 0 Å². The molecule has 0 fully saturated rings. The lowest BCUT2D eigenvalue weighted by Crippen LogP contribution is -2.29. The Labute approximate surface area is 98.7 Å². The first-order chi connectivity index (χ1) is 8.19. The summed E-state index contributed by atoms with van der Waals surface area (Å²) in [7, 11) is 3.08. The van der Waals surface area contributed by atoms with Gasteiger partial charge in [0.05, 0.1) is 38.7 Å². The number of benzene rings is 1. The second-order valence-electron chi connectivity index (χ2n) is 3.85. The van der Waals surface area contributed by atoms with Crippen LogP contribution in [0.4, 0.5) is 0 Å². The minimum atomic E-state index is -0.740. The highest BCUT2D eigenvalue weighted by Crippen LogP contribution is 2.36. The summed E-state index contributed by atoms with van der Waals surface area (Å²) in [5.74, 6) is 1.14. The molecule has 1 aliphatic rings. The van der Waals surface area contributed by atoms with Crippen molar-refractivity contribution < 1.29 is 14.6 Å². The van der Waals surface area contributed by atoms with Crippen molar-refractivity contribution in [3.05, 3.63) is 28.2 Å². The van der Waals surface area contributed by atoms with E-state index < -0.39 is 6.10 Å². The minimum absolute atomic E-state index is 0.200. The third-order valence-corrected chi connectivity index (χ3v) is 2.86. The molecule has 1 aliphatic heterocycles. The summed E-state index contributed by atoms with van der Waals surface area (Å²) >= 11 is 0. The van der Waals surface area contributed by atoms with E-state index in [0.29, 0.717) is 18.0 Å². The van der Waals surface area contributed by atoms with E-state index in [2.05, 4.69) is 5.29 Å². The fourth-order valence-corrected chi connectivity index (χ4v) is 2.01. The quantitative estimate of drug-likeness (QED) is 0.802. The average molecular weight is 238 g/mol. The van der Waals surface area contributed by atoms with Gasteiger partial charge in [-0.05, 0) is 23.3 Å². The van der Waals surface area contributed by atoms with E-state index in [0.717, 1.165) is 11.1 Å². The van der Waals surface area contributed by atoms with Crippen molar-refractivity contribution in [1.82, 2.24) is 5.01 Å². The van der Waals surface area contributed by atoms with Crippen molar-refractivity contribution in [2.75, 3.05) is 20.8 Å². The number of rotatable bonds is 3. The fraction of sp³-hybridized carbons (Fsp3) is 0.455. The summed E-state index contributed by atoms with van der Waals surface area (Å²) in [4.78, 5) is 10.5. The van der Waals surface area contributed by atoms with E-state index in [9.17, 15) is 10.0 Å². The molecule has 1 unspecified atom stereocenters. The number of nitroso groups, excluding NO2 is 1. The summed E-state index contributed by atoms with van der Waals surface area (Å²) in [5, 5.41) is 14.0. The summed E-state index contributed by atoms with van der Waals surface area (Å²) in [6, 6.07) is 3.50. The van der Waals surface area contributed by atoms with E-state index in [1.165, 1.54) is 5.01 Å². The molecule has 1 atom stereocenters. The first kappa shape index (κ1) is 11.7. The Bertz CT molecular complexity index is 436. The van der Waals surface area contributed by atoms with Gasteiger partial charge >= 0.3 is 0 Å². The molecule has 0 bridgehead atoms. The van der Waals surface area contributed by atoms with E-state index in [-0.39, 0.29) is 6.54 Å². The van der Waals surface area contributed by atoms with Crippen molar-refractivity contribution in [3.8, 4) is 11.5 Å². The van der Waals surface area contributed by atoms with Gasteiger partial charge in [-0.2, -0.15) is 0 Å². The van der Waals surface area contributed by atoms with Crippen LogP contribution < -0.4 is 9.47 Å². The molecule has 0 spiro atoms. The lowest BCUT2D eigenvalue weighted by atomic mass is 9.97. The Morgan fingerprint density at radius 1 is 1.35 bits per heavy atom. The van der Waals surface area contributed by atoms with E-state index >= 15 is 0 Å². The van der Waals surface area contributed by atoms with Gasteiger partial charge in [-0.3, -0.25) is 5.01 Å². The topological polar surface area (TPSA) is 71.4 Å². The number of hydrogen-bond acceptors (Lipinski definition) is 5. The van der Waals surface area contributed by atoms with Gasteiger partial charge in [0.15, 0.2) is 11.5 Å². The summed E-state index contributed by atoms with van der Waals surface area (Å²) in [6.07, 6.45) is -0.740. The van der Waals surface area contributed by atoms with Crippen LogP contribution in [0.1, 0.15) is 17.2 Å². The van der Waals surface area contributed by atoms with Crippen LogP contribution >= 0.6 is 0 Å². The third kappa shape index (κ3) is 2.03. The highest BCUT2D eigenvalue weighted by molar-refractivity contribution is 5.48. The van der Waals surface area contributed by atoms with Crippen LogP contribution in [0.15, 0.2) is 17.4 Å². The predicted octanol–water partition coefficient (Wildman–Crippen LogP) is 1.23. The summed E-state index contributed by atoms with van der Waals surface area (Å²) < 4.78 is 10.3. The van der Waals surface area contributed by atoms with Crippen LogP contribution in [0.3, 0.4) is 0 Å². The highest BCUT2D eigenvalue weighted by atomic mass is 16.5. The smallest absolute Gasteiger partial charge is 0.161 e. The molecule has 0 saturated heterocycles. The fourth-order valence-electron chi connectivity index (χ4n) is 2.01. The normalized spacial score (nSPS) is 18.5. The molecule has 0 aromatic heterocycles. The van der Waals surface area contributed by atoms with Gasteiger partial charge < -0.3 is 14.6 Å². The molecule has 17 heavy (non-hydrogen) atoms. The molecule has 2 rings (SSSR count). The lowest BCUT2D eigenvalue weighted by molar-refractivity contribution is 0.0929. The Hall–Kier alpha value is -1.82. The van der Waals surface area contributed by atoms with Crippen molar-refractivity contribution in [2.24, 2.45) is 5.29 Å². The Kier molecular flexibility index (Phi) is 3.14. The van der Waals surface area contributed by atoms with E-state index in [1.54, 1.807) is 26.4 Å². The first-order valence-electron chi connectivity index (χ1n) is 5.20. The largest absolute Gasteiger partial charge is 0.493 e. The van der Waals surface area contributed by atoms with Gasteiger partial charge in [0.1, 0.15) is 0 Å². The van der Waals surface area contributed by atoms with Crippen molar-refractivity contribution >= 4 is 0 Å². The number of hydrogen-bond donors (Lipinski definition) is 1. The molecule has 1 aromatic rings. The van der Waals surface area contributed by atoms with Gasteiger partial charge in [0, 0.05) is 0 Å². The minimum Gasteiger partial charge on any atom is -0.493 e. The second kappa shape index (κ2) is 4.58. The molecule has 92 valence electrons. The molecule has 1 aromatic carbocycles. The number of ether oxygens (including phenoxy) is 2. The van der Waals surface area contributed by atoms with Crippen molar-refractivity contribution in [1.29, 1.82) is 0 Å². The average Bonchev–Trinajstić information content (AvgIpc) is 2.36. The monoisotopic (exact) mass is 238 g/mol. The molecular formula is C11H14N2O4. The summed E-state index contributed by atoms with van der Waals surface area (Å²) in [6.45, 7) is 0.572. The molecule has 0 aliphatic carbocycles.